The van der Waals surface area contributed by atoms with Gasteiger partial charge in [-0.15, -0.1) is 0 Å². The first kappa shape index (κ1) is 25.5. The number of thioether (sulfide) groups is 1. The molecule has 1 fully saturated rings. The fourth-order valence-electron chi connectivity index (χ4n) is 3.69. The topological polar surface area (TPSA) is 61.8 Å². The van der Waals surface area contributed by atoms with Gasteiger partial charge < -0.3 is 5.32 Å². The Labute approximate surface area is 211 Å². The van der Waals surface area contributed by atoms with Crippen LogP contribution in [-0.2, 0) is 28.7 Å². The Hall–Kier alpha value is -3.59. The SMILES string of the molecule is O=C(NCCc1ccccc1)C1CC(=O)N(Cc2ccccc2)C(=Nc2ccc(C(F)(F)F)cc2)S1. The smallest absolute Gasteiger partial charge is 0.355 e. The lowest BCUT2D eigenvalue weighted by Crippen LogP contribution is -2.46. The van der Waals surface area contributed by atoms with E-state index in [4.69, 9.17) is 0 Å². The lowest BCUT2D eigenvalue weighted by atomic mass is 10.1. The molecule has 0 bridgehead atoms. The van der Waals surface area contributed by atoms with Crippen molar-refractivity contribution in [2.24, 2.45) is 4.99 Å². The summed E-state index contributed by atoms with van der Waals surface area (Å²) in [6.07, 6.45) is -3.80. The van der Waals surface area contributed by atoms with Crippen LogP contribution in [0, 0.1) is 0 Å². The van der Waals surface area contributed by atoms with Gasteiger partial charge in [-0.2, -0.15) is 13.2 Å². The quantitative estimate of drug-likeness (QED) is 0.450. The molecule has 0 radical (unpaired) electrons. The summed E-state index contributed by atoms with van der Waals surface area (Å²) in [5, 5.41) is 2.47. The highest BCUT2D eigenvalue weighted by Crippen LogP contribution is 2.33. The number of carbonyl (C=O) groups is 2. The van der Waals surface area contributed by atoms with Gasteiger partial charge in [0.05, 0.1) is 23.0 Å². The predicted octanol–water partition coefficient (Wildman–Crippen LogP) is 5.59. The molecule has 0 spiro atoms. The number of rotatable bonds is 7. The third kappa shape index (κ3) is 6.75. The molecule has 1 aliphatic rings. The van der Waals surface area contributed by atoms with Crippen molar-refractivity contribution >= 4 is 34.4 Å². The minimum Gasteiger partial charge on any atom is -0.355 e. The van der Waals surface area contributed by atoms with Gasteiger partial charge in [0.1, 0.15) is 0 Å². The average molecular weight is 512 g/mol. The van der Waals surface area contributed by atoms with E-state index in [9.17, 15) is 22.8 Å². The maximum atomic E-state index is 13.1. The molecule has 1 saturated heterocycles. The van der Waals surface area contributed by atoms with E-state index in [2.05, 4.69) is 10.3 Å². The maximum Gasteiger partial charge on any atom is 0.416 e. The Morgan fingerprint density at radius 1 is 0.944 bits per heavy atom. The van der Waals surface area contributed by atoms with Gasteiger partial charge in [0.25, 0.3) is 0 Å². The van der Waals surface area contributed by atoms with Crippen LogP contribution in [0.5, 0.6) is 0 Å². The zero-order valence-corrected chi connectivity index (χ0v) is 20.1. The van der Waals surface area contributed by atoms with Gasteiger partial charge in [-0.3, -0.25) is 14.5 Å². The van der Waals surface area contributed by atoms with Gasteiger partial charge in [0.15, 0.2) is 5.17 Å². The number of hydrogen-bond donors (Lipinski definition) is 1. The Morgan fingerprint density at radius 2 is 1.56 bits per heavy atom. The van der Waals surface area contributed by atoms with Crippen molar-refractivity contribution in [3.05, 3.63) is 102 Å². The number of amidine groups is 1. The Bertz CT molecular complexity index is 1220. The first-order valence-corrected chi connectivity index (χ1v) is 12.3. The largest absolute Gasteiger partial charge is 0.416 e. The molecule has 36 heavy (non-hydrogen) atoms. The van der Waals surface area contributed by atoms with Gasteiger partial charge in [-0.05, 0) is 41.8 Å². The van der Waals surface area contributed by atoms with Crippen LogP contribution < -0.4 is 5.32 Å². The van der Waals surface area contributed by atoms with Crippen molar-refractivity contribution in [2.45, 2.75) is 30.8 Å². The van der Waals surface area contributed by atoms with Crippen molar-refractivity contribution in [3.63, 3.8) is 0 Å². The van der Waals surface area contributed by atoms with E-state index >= 15 is 0 Å². The first-order valence-electron chi connectivity index (χ1n) is 11.4. The minimum atomic E-state index is -4.45. The van der Waals surface area contributed by atoms with Gasteiger partial charge in [-0.25, -0.2) is 4.99 Å². The van der Waals surface area contributed by atoms with Crippen LogP contribution in [0.1, 0.15) is 23.1 Å². The molecule has 1 unspecified atom stereocenters. The standard InChI is InChI=1S/C27H24F3N3O2S/c28-27(29,30)21-11-13-22(14-12-21)32-26-33(18-20-9-5-2-6-10-20)24(34)17-23(36-26)25(35)31-16-15-19-7-3-1-4-8-19/h1-14,23H,15-18H2,(H,31,35). The summed E-state index contributed by atoms with van der Waals surface area (Å²) in [7, 11) is 0. The summed E-state index contributed by atoms with van der Waals surface area (Å²) < 4.78 is 38.8. The van der Waals surface area contributed by atoms with Gasteiger partial charge in [-0.1, -0.05) is 72.4 Å². The van der Waals surface area contributed by atoms with Crippen molar-refractivity contribution in [1.82, 2.24) is 10.2 Å². The Kier molecular flexibility index (Phi) is 8.10. The van der Waals surface area contributed by atoms with E-state index in [1.165, 1.54) is 17.0 Å². The normalized spacial score (nSPS) is 17.3. The van der Waals surface area contributed by atoms with Crippen molar-refractivity contribution in [3.8, 4) is 0 Å². The predicted molar refractivity (Wildman–Crippen MR) is 135 cm³/mol. The molecule has 0 saturated carbocycles. The second-order valence-electron chi connectivity index (χ2n) is 8.24. The molecule has 3 aromatic carbocycles. The fraction of sp³-hybridized carbons (Fsp3) is 0.222. The number of benzene rings is 3. The van der Waals surface area contributed by atoms with Crippen LogP contribution in [0.25, 0.3) is 0 Å². The molecule has 0 aliphatic carbocycles. The number of nitrogens with zero attached hydrogens (tertiary/aromatic N) is 2. The molecule has 2 amide bonds. The third-order valence-electron chi connectivity index (χ3n) is 5.59. The van der Waals surface area contributed by atoms with Crippen LogP contribution in [-0.4, -0.2) is 33.7 Å². The van der Waals surface area contributed by atoms with E-state index in [0.29, 0.717) is 13.0 Å². The number of carbonyl (C=O) groups excluding carboxylic acids is 2. The molecule has 1 atom stereocenters. The zero-order chi connectivity index (χ0) is 25.5. The summed E-state index contributed by atoms with van der Waals surface area (Å²) in [6, 6.07) is 23.4. The second kappa shape index (κ2) is 11.4. The molecule has 1 N–H and O–H groups in total. The van der Waals surface area contributed by atoms with Gasteiger partial charge >= 0.3 is 6.18 Å². The van der Waals surface area contributed by atoms with Gasteiger partial charge in [0.2, 0.25) is 11.8 Å². The zero-order valence-electron chi connectivity index (χ0n) is 19.2. The van der Waals surface area contributed by atoms with Gasteiger partial charge in [0, 0.05) is 13.0 Å². The first-order chi connectivity index (χ1) is 17.3. The number of alkyl halides is 3. The lowest BCUT2D eigenvalue weighted by molar-refractivity contribution is -0.137. The molecule has 3 aromatic rings. The van der Waals surface area contributed by atoms with E-state index in [-0.39, 0.29) is 35.6 Å². The minimum absolute atomic E-state index is 0.000697. The van der Waals surface area contributed by atoms with Crippen LogP contribution in [0.15, 0.2) is 89.9 Å². The summed E-state index contributed by atoms with van der Waals surface area (Å²) in [4.78, 5) is 31.9. The molecule has 4 rings (SSSR count). The lowest BCUT2D eigenvalue weighted by Gasteiger charge is -2.32. The third-order valence-corrected chi connectivity index (χ3v) is 6.78. The molecular formula is C27H24F3N3O2S. The summed E-state index contributed by atoms with van der Waals surface area (Å²) >= 11 is 1.14. The highest BCUT2D eigenvalue weighted by molar-refractivity contribution is 8.15. The van der Waals surface area contributed by atoms with Crippen molar-refractivity contribution in [2.75, 3.05) is 6.54 Å². The molecule has 5 nitrogen and oxygen atoms in total. The number of nitrogens with one attached hydrogen (secondary N) is 1. The highest BCUT2D eigenvalue weighted by atomic mass is 32.2. The monoisotopic (exact) mass is 511 g/mol. The average Bonchev–Trinajstić information content (AvgIpc) is 2.87. The van der Waals surface area contributed by atoms with E-state index in [0.717, 1.165) is 35.0 Å². The summed E-state index contributed by atoms with van der Waals surface area (Å²) in [6.45, 7) is 0.668. The van der Waals surface area contributed by atoms with Crippen molar-refractivity contribution in [1.29, 1.82) is 0 Å². The summed E-state index contributed by atoms with van der Waals surface area (Å²) in [5.41, 5.74) is 1.44. The second-order valence-corrected chi connectivity index (χ2v) is 9.41. The maximum absolute atomic E-state index is 13.1. The Morgan fingerprint density at radius 3 is 2.17 bits per heavy atom. The molecule has 1 heterocycles. The number of hydrogen-bond acceptors (Lipinski definition) is 4. The molecule has 1 aliphatic heterocycles. The van der Waals surface area contributed by atoms with Crippen LogP contribution in [0.2, 0.25) is 0 Å². The van der Waals surface area contributed by atoms with E-state index < -0.39 is 17.0 Å². The number of halogens is 3. The van der Waals surface area contributed by atoms with Crippen LogP contribution >= 0.6 is 11.8 Å². The molecule has 0 aromatic heterocycles. The molecule has 9 heteroatoms. The number of amides is 2. The number of aliphatic imine (C=N–C) groups is 1. The van der Waals surface area contributed by atoms with Crippen molar-refractivity contribution < 1.29 is 22.8 Å². The van der Waals surface area contributed by atoms with Crippen LogP contribution in [0.3, 0.4) is 0 Å². The fourth-order valence-corrected chi connectivity index (χ4v) is 4.81. The highest BCUT2D eigenvalue weighted by Gasteiger charge is 2.36. The van der Waals surface area contributed by atoms with E-state index in [1.807, 2.05) is 60.7 Å². The summed E-state index contributed by atoms with van der Waals surface area (Å²) in [5.74, 6) is -0.546. The van der Waals surface area contributed by atoms with Crippen LogP contribution in [0.4, 0.5) is 18.9 Å². The Balaban J connectivity index is 1.52. The van der Waals surface area contributed by atoms with E-state index in [1.54, 1.807) is 0 Å². The molecule has 186 valence electrons. The molecular weight excluding hydrogens is 487 g/mol.